The molecule has 140 valence electrons. The molecule has 0 saturated heterocycles. The third-order valence-corrected chi connectivity index (χ3v) is 4.15. The molecular weight excluding hydrogens is 354 g/mol. The molecule has 5 nitrogen and oxygen atoms in total. The number of carboxylic acids is 1. The molecule has 0 fully saturated rings. The van der Waals surface area contributed by atoms with E-state index in [2.05, 4.69) is 6.07 Å². The molecule has 0 unspecified atom stereocenters. The van der Waals surface area contributed by atoms with Gasteiger partial charge in [0, 0.05) is 11.1 Å². The van der Waals surface area contributed by atoms with Gasteiger partial charge in [-0.25, -0.2) is 4.79 Å². The molecule has 0 saturated carbocycles. The van der Waals surface area contributed by atoms with Crippen LogP contribution < -0.4 is 9.47 Å². The van der Waals surface area contributed by atoms with Gasteiger partial charge < -0.3 is 14.6 Å². The number of para-hydroxylation sites is 1. The first kappa shape index (κ1) is 19.0. The minimum Gasteiger partial charge on any atom is -0.490 e. The van der Waals surface area contributed by atoms with Crippen molar-refractivity contribution in [3.63, 3.8) is 0 Å². The quantitative estimate of drug-likeness (QED) is 0.477. The fraction of sp³-hybridized carbons (Fsp3) is 0.130. The van der Waals surface area contributed by atoms with E-state index in [1.54, 1.807) is 24.3 Å². The second-order valence-corrected chi connectivity index (χ2v) is 5.99. The molecule has 0 radical (unpaired) electrons. The van der Waals surface area contributed by atoms with Gasteiger partial charge in [-0.2, -0.15) is 5.26 Å². The van der Waals surface area contributed by atoms with Crippen LogP contribution in [-0.4, -0.2) is 24.3 Å². The molecule has 0 bridgehead atoms. The maximum absolute atomic E-state index is 11.0. The predicted octanol–water partition coefficient (Wildman–Crippen LogP) is 4.77. The molecule has 0 atom stereocenters. The molecule has 0 amide bonds. The highest BCUT2D eigenvalue weighted by Crippen LogP contribution is 2.35. The molecule has 5 heteroatoms. The van der Waals surface area contributed by atoms with Crippen LogP contribution >= 0.6 is 0 Å². The molecule has 0 aliphatic carbocycles. The average Bonchev–Trinajstić information content (AvgIpc) is 2.71. The van der Waals surface area contributed by atoms with E-state index in [9.17, 15) is 10.1 Å². The molecular formula is C23H19NO4. The van der Waals surface area contributed by atoms with Crippen molar-refractivity contribution >= 4 is 28.4 Å². The van der Waals surface area contributed by atoms with Gasteiger partial charge in [0.1, 0.15) is 0 Å². The molecule has 0 aliphatic rings. The number of ether oxygens (including phenoxy) is 2. The standard InChI is InChI=1S/C23H19NO4/c1-2-27-21-12-6-9-17(23(21)28-15-22(25)26)13-18(14-24)20-11-5-8-16-7-3-4-10-19(16)20/h3-13H,2,15H2,1H3,(H,25,26)/b18-13+. The van der Waals surface area contributed by atoms with E-state index in [0.29, 0.717) is 29.2 Å². The Bertz CT molecular complexity index is 1070. The zero-order chi connectivity index (χ0) is 19.9. The number of carbonyl (C=O) groups is 1. The topological polar surface area (TPSA) is 79.5 Å². The van der Waals surface area contributed by atoms with E-state index >= 15 is 0 Å². The molecule has 28 heavy (non-hydrogen) atoms. The summed E-state index contributed by atoms with van der Waals surface area (Å²) in [6.45, 7) is 1.74. The highest BCUT2D eigenvalue weighted by atomic mass is 16.5. The lowest BCUT2D eigenvalue weighted by Crippen LogP contribution is -2.11. The number of aliphatic carboxylic acids is 1. The zero-order valence-electron chi connectivity index (χ0n) is 15.4. The third kappa shape index (κ3) is 4.13. The summed E-state index contributed by atoms with van der Waals surface area (Å²) in [5.41, 5.74) is 1.83. The van der Waals surface area contributed by atoms with Crippen LogP contribution in [0.25, 0.3) is 22.4 Å². The van der Waals surface area contributed by atoms with Crippen molar-refractivity contribution in [1.29, 1.82) is 5.26 Å². The van der Waals surface area contributed by atoms with Gasteiger partial charge >= 0.3 is 5.97 Å². The lowest BCUT2D eigenvalue weighted by atomic mass is 9.97. The number of hydrogen-bond acceptors (Lipinski definition) is 4. The Kier molecular flexibility index (Phi) is 5.93. The van der Waals surface area contributed by atoms with Crippen LogP contribution in [0.15, 0.2) is 60.7 Å². The Morgan fingerprint density at radius 3 is 2.57 bits per heavy atom. The van der Waals surface area contributed by atoms with Crippen LogP contribution in [0.5, 0.6) is 11.5 Å². The fourth-order valence-corrected chi connectivity index (χ4v) is 2.99. The van der Waals surface area contributed by atoms with Crippen LogP contribution in [0.2, 0.25) is 0 Å². The Hall–Kier alpha value is -3.78. The molecule has 1 N–H and O–H groups in total. The van der Waals surface area contributed by atoms with Crippen LogP contribution in [-0.2, 0) is 4.79 Å². The Balaban J connectivity index is 2.13. The highest BCUT2D eigenvalue weighted by Gasteiger charge is 2.14. The number of rotatable bonds is 7. The number of carboxylic acid groups (broad SMARTS) is 1. The van der Waals surface area contributed by atoms with Gasteiger partial charge in [0.25, 0.3) is 0 Å². The molecule has 3 aromatic rings. The molecule has 0 heterocycles. The van der Waals surface area contributed by atoms with E-state index in [1.807, 2.05) is 49.4 Å². The minimum absolute atomic E-state index is 0.305. The van der Waals surface area contributed by atoms with Crippen molar-refractivity contribution in [2.75, 3.05) is 13.2 Å². The second kappa shape index (κ2) is 8.74. The number of nitrogens with zero attached hydrogens (tertiary/aromatic N) is 1. The summed E-state index contributed by atoms with van der Waals surface area (Å²) < 4.78 is 11.0. The van der Waals surface area contributed by atoms with E-state index in [0.717, 1.165) is 16.3 Å². The van der Waals surface area contributed by atoms with Crippen LogP contribution in [0.1, 0.15) is 18.1 Å². The van der Waals surface area contributed by atoms with E-state index < -0.39 is 12.6 Å². The van der Waals surface area contributed by atoms with Crippen molar-refractivity contribution in [3.05, 3.63) is 71.8 Å². The van der Waals surface area contributed by atoms with Crippen LogP contribution in [0, 0.1) is 11.3 Å². The number of hydrogen-bond donors (Lipinski definition) is 1. The number of nitriles is 1. The maximum Gasteiger partial charge on any atom is 0.341 e. The van der Waals surface area contributed by atoms with Gasteiger partial charge in [0.05, 0.1) is 18.2 Å². The van der Waals surface area contributed by atoms with Crippen molar-refractivity contribution in [3.8, 4) is 17.6 Å². The molecule has 3 aromatic carbocycles. The summed E-state index contributed by atoms with van der Waals surface area (Å²) in [6, 6.07) is 21.1. The van der Waals surface area contributed by atoms with E-state index in [-0.39, 0.29) is 0 Å². The van der Waals surface area contributed by atoms with Crippen molar-refractivity contribution in [1.82, 2.24) is 0 Å². The fourth-order valence-electron chi connectivity index (χ4n) is 2.99. The molecule has 0 aromatic heterocycles. The largest absolute Gasteiger partial charge is 0.490 e. The van der Waals surface area contributed by atoms with Gasteiger partial charge in [-0.1, -0.05) is 54.6 Å². The van der Waals surface area contributed by atoms with Gasteiger partial charge in [0.2, 0.25) is 0 Å². The number of benzene rings is 3. The van der Waals surface area contributed by atoms with Crippen LogP contribution in [0.4, 0.5) is 0 Å². The van der Waals surface area contributed by atoms with Crippen molar-refractivity contribution in [2.24, 2.45) is 0 Å². The SMILES string of the molecule is CCOc1cccc(/C=C(\C#N)c2cccc3ccccc23)c1OCC(=O)O. The normalized spacial score (nSPS) is 11.1. The van der Waals surface area contributed by atoms with E-state index in [4.69, 9.17) is 14.6 Å². The van der Waals surface area contributed by atoms with Gasteiger partial charge in [0.15, 0.2) is 18.1 Å². The maximum atomic E-state index is 11.0. The lowest BCUT2D eigenvalue weighted by molar-refractivity contribution is -0.139. The monoisotopic (exact) mass is 373 g/mol. The molecule has 3 rings (SSSR count). The second-order valence-electron chi connectivity index (χ2n) is 5.99. The van der Waals surface area contributed by atoms with Gasteiger partial charge in [-0.15, -0.1) is 0 Å². The predicted molar refractivity (Wildman–Crippen MR) is 108 cm³/mol. The summed E-state index contributed by atoms with van der Waals surface area (Å²) in [5.74, 6) is -0.344. The van der Waals surface area contributed by atoms with Crippen LogP contribution in [0.3, 0.4) is 0 Å². The van der Waals surface area contributed by atoms with Crippen molar-refractivity contribution in [2.45, 2.75) is 6.92 Å². The third-order valence-electron chi connectivity index (χ3n) is 4.15. The summed E-state index contributed by atoms with van der Waals surface area (Å²) in [5, 5.41) is 20.8. The van der Waals surface area contributed by atoms with Gasteiger partial charge in [-0.3, -0.25) is 0 Å². The highest BCUT2D eigenvalue weighted by molar-refractivity contribution is 6.02. The molecule has 0 spiro atoms. The Morgan fingerprint density at radius 2 is 1.82 bits per heavy atom. The number of fused-ring (bicyclic) bond motifs is 1. The summed E-state index contributed by atoms with van der Waals surface area (Å²) in [7, 11) is 0. The first-order valence-electron chi connectivity index (χ1n) is 8.84. The summed E-state index contributed by atoms with van der Waals surface area (Å²) >= 11 is 0. The first-order chi connectivity index (χ1) is 13.6. The first-order valence-corrected chi connectivity index (χ1v) is 8.84. The Labute approximate surface area is 163 Å². The van der Waals surface area contributed by atoms with Crippen molar-refractivity contribution < 1.29 is 19.4 Å². The summed E-state index contributed by atoms with van der Waals surface area (Å²) in [4.78, 5) is 11.0. The summed E-state index contributed by atoms with van der Waals surface area (Å²) in [6.07, 6.45) is 1.70. The molecule has 0 aliphatic heterocycles. The Morgan fingerprint density at radius 1 is 1.07 bits per heavy atom. The minimum atomic E-state index is -1.09. The van der Waals surface area contributed by atoms with E-state index in [1.165, 1.54) is 0 Å². The average molecular weight is 373 g/mol. The van der Waals surface area contributed by atoms with Gasteiger partial charge in [-0.05, 0) is 29.8 Å². The lowest BCUT2D eigenvalue weighted by Gasteiger charge is -2.14. The smallest absolute Gasteiger partial charge is 0.341 e. The number of allylic oxidation sites excluding steroid dienone is 1. The zero-order valence-corrected chi connectivity index (χ0v) is 15.4.